The van der Waals surface area contributed by atoms with Crippen LogP contribution in [-0.2, 0) is 4.79 Å². The molecule has 0 aromatic heterocycles. The molecule has 0 atom stereocenters. The third-order valence-electron chi connectivity index (χ3n) is 3.87. The largest absolute Gasteiger partial charge is 0.504 e. The minimum absolute atomic E-state index is 0.0617. The number of nitrogens with zero attached hydrogens (tertiary/aromatic N) is 2. The molecule has 9 nitrogen and oxygen atoms in total. The highest BCUT2D eigenvalue weighted by Gasteiger charge is 2.36. The lowest BCUT2D eigenvalue weighted by Gasteiger charge is -2.11. The van der Waals surface area contributed by atoms with E-state index in [0.29, 0.717) is 17.3 Å². The molecule has 1 aliphatic heterocycles. The number of carbonyl (C=O) groups is 3. The highest BCUT2D eigenvalue weighted by molar-refractivity contribution is 8.18. The summed E-state index contributed by atoms with van der Waals surface area (Å²) < 4.78 is 0. The highest BCUT2D eigenvalue weighted by atomic mass is 32.2. The number of hydrogen-bond donors (Lipinski definition) is 2. The van der Waals surface area contributed by atoms with Crippen LogP contribution in [0.3, 0.4) is 0 Å². The first-order chi connectivity index (χ1) is 13.3. The Bertz CT molecular complexity index is 1030. The average molecular weight is 400 g/mol. The van der Waals surface area contributed by atoms with Crippen molar-refractivity contribution in [3.05, 3.63) is 68.6 Å². The molecule has 3 rings (SSSR count). The van der Waals surface area contributed by atoms with Gasteiger partial charge in [-0.05, 0) is 47.7 Å². The van der Waals surface area contributed by atoms with Crippen molar-refractivity contribution in [3.63, 3.8) is 0 Å². The number of aromatic hydroxyl groups is 2. The summed E-state index contributed by atoms with van der Waals surface area (Å²) in [5.74, 6) is -1.90. The average Bonchev–Trinajstić information content (AvgIpc) is 2.92. The molecule has 1 aliphatic rings. The fourth-order valence-electron chi connectivity index (χ4n) is 2.42. The number of non-ortho nitro benzene ring substituents is 1. The van der Waals surface area contributed by atoms with Crippen LogP contribution in [0, 0.1) is 10.1 Å². The smallest absolute Gasteiger partial charge is 0.293 e. The molecule has 2 aromatic rings. The number of benzene rings is 2. The zero-order valence-corrected chi connectivity index (χ0v) is 14.9. The highest BCUT2D eigenvalue weighted by Crippen LogP contribution is 2.34. The first kappa shape index (κ1) is 19.1. The molecule has 2 amide bonds. The number of thioether (sulfide) groups is 1. The zero-order valence-electron chi connectivity index (χ0n) is 14.1. The van der Waals surface area contributed by atoms with Crippen molar-refractivity contribution < 1.29 is 29.5 Å². The predicted octanol–water partition coefficient (Wildman–Crippen LogP) is 2.93. The number of imide groups is 1. The minimum Gasteiger partial charge on any atom is -0.504 e. The second-order valence-electron chi connectivity index (χ2n) is 5.74. The number of carbonyl (C=O) groups excluding carboxylic acids is 3. The van der Waals surface area contributed by atoms with Crippen LogP contribution in [0.1, 0.15) is 15.9 Å². The van der Waals surface area contributed by atoms with E-state index in [9.17, 15) is 34.7 Å². The van der Waals surface area contributed by atoms with Crippen molar-refractivity contribution in [2.24, 2.45) is 0 Å². The monoisotopic (exact) mass is 400 g/mol. The molecule has 0 saturated carbocycles. The second kappa shape index (κ2) is 7.53. The number of ketones is 1. The summed E-state index contributed by atoms with van der Waals surface area (Å²) in [4.78, 5) is 47.8. The van der Waals surface area contributed by atoms with Crippen LogP contribution in [0.4, 0.5) is 10.5 Å². The van der Waals surface area contributed by atoms with Crippen molar-refractivity contribution in [2.75, 3.05) is 6.54 Å². The molecule has 0 spiro atoms. The third-order valence-corrected chi connectivity index (χ3v) is 4.78. The van der Waals surface area contributed by atoms with Gasteiger partial charge in [-0.2, -0.15) is 0 Å². The Morgan fingerprint density at radius 3 is 2.39 bits per heavy atom. The molecule has 1 saturated heterocycles. The van der Waals surface area contributed by atoms with Gasteiger partial charge in [-0.15, -0.1) is 0 Å². The fourth-order valence-corrected chi connectivity index (χ4v) is 3.26. The van der Waals surface area contributed by atoms with E-state index in [1.807, 2.05) is 0 Å². The summed E-state index contributed by atoms with van der Waals surface area (Å²) in [6.45, 7) is -0.499. The molecule has 0 bridgehead atoms. The van der Waals surface area contributed by atoms with Gasteiger partial charge in [0.2, 0.25) is 0 Å². The zero-order chi connectivity index (χ0) is 20.4. The van der Waals surface area contributed by atoms with Gasteiger partial charge in [0, 0.05) is 17.7 Å². The van der Waals surface area contributed by atoms with Crippen LogP contribution in [0.2, 0.25) is 0 Å². The van der Waals surface area contributed by atoms with Gasteiger partial charge in [-0.3, -0.25) is 29.4 Å². The predicted molar refractivity (Wildman–Crippen MR) is 99.9 cm³/mol. The standard InChI is InChI=1S/C18H12N2O7S/c21-13-6-1-10(7-14(13)22)8-16-17(24)19(18(25)28-16)9-15(23)11-2-4-12(5-3-11)20(26)27/h1-8,21-22H,9H2/b16-8+. The van der Waals surface area contributed by atoms with Crippen LogP contribution in [-0.4, -0.2) is 43.5 Å². The van der Waals surface area contributed by atoms with Crippen LogP contribution in [0.25, 0.3) is 6.08 Å². The maximum absolute atomic E-state index is 12.4. The molecular weight excluding hydrogens is 388 g/mol. The van der Waals surface area contributed by atoms with Crippen LogP contribution in [0.5, 0.6) is 11.5 Å². The van der Waals surface area contributed by atoms with Gasteiger partial charge in [0.1, 0.15) is 0 Å². The van der Waals surface area contributed by atoms with E-state index in [-0.39, 0.29) is 27.7 Å². The van der Waals surface area contributed by atoms with Gasteiger partial charge in [0.05, 0.1) is 16.4 Å². The molecule has 2 aromatic carbocycles. The van der Waals surface area contributed by atoms with Gasteiger partial charge in [-0.1, -0.05) is 6.07 Å². The number of Topliss-reactive ketones (excluding diaryl/α,β-unsaturated/α-hetero) is 1. The van der Waals surface area contributed by atoms with Crippen molar-refractivity contribution in [1.82, 2.24) is 4.90 Å². The lowest BCUT2D eigenvalue weighted by molar-refractivity contribution is -0.384. The normalized spacial score (nSPS) is 15.3. The van der Waals surface area contributed by atoms with E-state index < -0.39 is 28.4 Å². The molecule has 0 aliphatic carbocycles. The number of nitro groups is 1. The Labute approximate surface area is 162 Å². The number of phenols is 2. The Morgan fingerprint density at radius 2 is 1.79 bits per heavy atom. The summed E-state index contributed by atoms with van der Waals surface area (Å²) in [5, 5.41) is 28.9. The van der Waals surface area contributed by atoms with E-state index in [2.05, 4.69) is 0 Å². The minimum atomic E-state index is -0.669. The number of phenolic OH excluding ortho intramolecular Hbond substituents is 2. The Hall–Kier alpha value is -3.66. The van der Waals surface area contributed by atoms with Gasteiger partial charge in [0.25, 0.3) is 16.8 Å². The molecule has 1 fully saturated rings. The van der Waals surface area contributed by atoms with Gasteiger partial charge in [-0.25, -0.2) is 0 Å². The van der Waals surface area contributed by atoms with Crippen molar-refractivity contribution in [1.29, 1.82) is 0 Å². The molecule has 1 heterocycles. The molecule has 0 radical (unpaired) electrons. The van der Waals surface area contributed by atoms with E-state index >= 15 is 0 Å². The summed E-state index contributed by atoms with van der Waals surface area (Å²) in [6, 6.07) is 8.76. The Balaban J connectivity index is 1.76. The number of amides is 2. The summed E-state index contributed by atoms with van der Waals surface area (Å²) in [6.07, 6.45) is 1.36. The molecule has 10 heteroatoms. The maximum atomic E-state index is 12.4. The van der Waals surface area contributed by atoms with E-state index in [4.69, 9.17) is 0 Å². The lowest BCUT2D eigenvalue weighted by atomic mass is 10.1. The van der Waals surface area contributed by atoms with Gasteiger partial charge >= 0.3 is 0 Å². The van der Waals surface area contributed by atoms with E-state index in [1.54, 1.807) is 0 Å². The fraction of sp³-hybridized carbons (Fsp3) is 0.0556. The quantitative estimate of drug-likeness (QED) is 0.257. The van der Waals surface area contributed by atoms with Crippen LogP contribution in [0.15, 0.2) is 47.4 Å². The number of hydrogen-bond acceptors (Lipinski definition) is 8. The second-order valence-corrected chi connectivity index (χ2v) is 6.74. The van der Waals surface area contributed by atoms with Crippen molar-refractivity contribution >= 4 is 40.5 Å². The molecule has 2 N–H and O–H groups in total. The van der Waals surface area contributed by atoms with E-state index in [1.165, 1.54) is 36.4 Å². The first-order valence-electron chi connectivity index (χ1n) is 7.81. The first-order valence-corrected chi connectivity index (χ1v) is 8.63. The Kier molecular flexibility index (Phi) is 5.14. The van der Waals surface area contributed by atoms with E-state index in [0.717, 1.165) is 17.0 Å². The molecular formula is C18H12N2O7S. The molecule has 142 valence electrons. The molecule has 0 unspecified atom stereocenters. The van der Waals surface area contributed by atoms with Gasteiger partial charge < -0.3 is 10.2 Å². The number of rotatable bonds is 5. The van der Waals surface area contributed by atoms with Gasteiger partial charge in [0.15, 0.2) is 17.3 Å². The molecule has 28 heavy (non-hydrogen) atoms. The summed E-state index contributed by atoms with van der Waals surface area (Å²) in [5.41, 5.74) is 0.349. The Morgan fingerprint density at radius 1 is 1.11 bits per heavy atom. The summed E-state index contributed by atoms with van der Waals surface area (Å²) >= 11 is 0.643. The van der Waals surface area contributed by atoms with Crippen molar-refractivity contribution in [3.8, 4) is 11.5 Å². The van der Waals surface area contributed by atoms with Crippen LogP contribution < -0.4 is 0 Å². The third kappa shape index (κ3) is 3.86. The summed E-state index contributed by atoms with van der Waals surface area (Å²) in [7, 11) is 0. The number of nitro benzene ring substituents is 1. The topological polar surface area (TPSA) is 138 Å². The maximum Gasteiger partial charge on any atom is 0.293 e. The SMILES string of the molecule is O=C(CN1C(=O)S/C(=C/c2ccc(O)c(O)c2)C1=O)c1ccc([N+](=O)[O-])cc1. The van der Waals surface area contributed by atoms with Crippen LogP contribution >= 0.6 is 11.8 Å². The lowest BCUT2D eigenvalue weighted by Crippen LogP contribution is -2.33. The van der Waals surface area contributed by atoms with Crippen molar-refractivity contribution in [2.45, 2.75) is 0 Å².